The van der Waals surface area contributed by atoms with E-state index in [0.29, 0.717) is 0 Å². The summed E-state index contributed by atoms with van der Waals surface area (Å²) in [5.74, 6) is 0.991. The van der Waals surface area contributed by atoms with Gasteiger partial charge in [0, 0.05) is 18.8 Å². The van der Waals surface area contributed by atoms with E-state index < -0.39 is 0 Å². The molecular formula is C18H20ClN3. The fourth-order valence-corrected chi connectivity index (χ4v) is 3.05. The highest BCUT2D eigenvalue weighted by Gasteiger charge is 2.14. The largest absolute Gasteiger partial charge is 0.348 e. The van der Waals surface area contributed by atoms with Gasteiger partial charge in [0.25, 0.3) is 0 Å². The van der Waals surface area contributed by atoms with E-state index in [2.05, 4.69) is 22.1 Å². The first-order chi connectivity index (χ1) is 10.4. The molecule has 0 radical (unpaired) electrons. The molecule has 0 amide bonds. The van der Waals surface area contributed by atoms with Crippen LogP contribution in [0.2, 0.25) is 0 Å². The number of H-pyrrole nitrogens is 1. The normalized spacial score (nSPS) is 14.0. The number of aromatic nitrogens is 2. The predicted octanol–water partition coefficient (Wildman–Crippen LogP) is 4.66. The van der Waals surface area contributed by atoms with E-state index in [4.69, 9.17) is 5.26 Å². The van der Waals surface area contributed by atoms with E-state index in [1.807, 2.05) is 24.4 Å². The average molecular weight is 314 g/mol. The van der Waals surface area contributed by atoms with E-state index in [0.717, 1.165) is 17.8 Å². The number of hydrogen-bond donors (Lipinski definition) is 1. The van der Waals surface area contributed by atoms with Gasteiger partial charge in [-0.15, -0.1) is 12.4 Å². The van der Waals surface area contributed by atoms with Gasteiger partial charge in [0.05, 0.1) is 11.6 Å². The fraction of sp³-hybridized carbons (Fsp3) is 0.333. The first-order valence-electron chi connectivity index (χ1n) is 7.56. The molecule has 22 heavy (non-hydrogen) atoms. The number of nitriles is 1. The van der Waals surface area contributed by atoms with Gasteiger partial charge in [0.1, 0.15) is 5.82 Å². The van der Waals surface area contributed by atoms with Crippen molar-refractivity contribution in [2.24, 2.45) is 0 Å². The van der Waals surface area contributed by atoms with Gasteiger partial charge >= 0.3 is 0 Å². The molecule has 1 aliphatic carbocycles. The number of nitrogens with one attached hydrogen (secondary N) is 1. The summed E-state index contributed by atoms with van der Waals surface area (Å²) in [6, 6.07) is 10.2. The Kier molecular flexibility index (Phi) is 5.80. The molecule has 4 heteroatoms. The third kappa shape index (κ3) is 3.78. The average Bonchev–Trinajstić information content (AvgIpc) is 3.07. The van der Waals surface area contributed by atoms with Crippen LogP contribution in [0.15, 0.2) is 42.2 Å². The zero-order chi connectivity index (χ0) is 14.5. The summed E-state index contributed by atoms with van der Waals surface area (Å²) >= 11 is 0. The lowest BCUT2D eigenvalue weighted by Gasteiger charge is -2.19. The molecule has 0 aliphatic heterocycles. The molecule has 0 atom stereocenters. The number of nitrogens with zero attached hydrogens (tertiary/aromatic N) is 2. The van der Waals surface area contributed by atoms with Gasteiger partial charge in [0.15, 0.2) is 0 Å². The summed E-state index contributed by atoms with van der Waals surface area (Å²) in [6.07, 6.45) is 10.7. The number of rotatable bonds is 3. The van der Waals surface area contributed by atoms with Gasteiger partial charge in [-0.25, -0.2) is 4.98 Å². The van der Waals surface area contributed by atoms with E-state index in [1.165, 1.54) is 48.8 Å². The zero-order valence-electron chi connectivity index (χ0n) is 12.5. The minimum Gasteiger partial charge on any atom is -0.348 e. The fourth-order valence-electron chi connectivity index (χ4n) is 3.05. The molecular weight excluding hydrogens is 294 g/mol. The first kappa shape index (κ1) is 16.3. The Labute approximate surface area is 137 Å². The summed E-state index contributed by atoms with van der Waals surface area (Å²) in [4.78, 5) is 7.56. The van der Waals surface area contributed by atoms with Gasteiger partial charge in [-0.3, -0.25) is 0 Å². The van der Waals surface area contributed by atoms with Crippen LogP contribution in [-0.4, -0.2) is 9.97 Å². The second-order valence-electron chi connectivity index (χ2n) is 5.55. The Hall–Kier alpha value is -2.05. The summed E-state index contributed by atoms with van der Waals surface area (Å²) in [7, 11) is 0. The van der Waals surface area contributed by atoms with Crippen LogP contribution in [-0.2, 0) is 6.42 Å². The molecule has 0 spiro atoms. The molecule has 1 fully saturated rings. The third-order valence-corrected chi connectivity index (χ3v) is 4.12. The van der Waals surface area contributed by atoms with Crippen molar-refractivity contribution >= 4 is 18.0 Å². The smallest absolute Gasteiger partial charge is 0.110 e. The van der Waals surface area contributed by atoms with Crippen molar-refractivity contribution in [2.75, 3.05) is 0 Å². The SMILES string of the molecule is Cl.N#Cc1cccc(C(Cc2ncc[nH]2)=C2CCCCC2)c1. The number of imidazole rings is 1. The maximum atomic E-state index is 9.13. The van der Waals surface area contributed by atoms with Crippen LogP contribution < -0.4 is 0 Å². The second kappa shape index (κ2) is 7.82. The molecule has 1 aromatic carbocycles. The Balaban J connectivity index is 0.00000176. The van der Waals surface area contributed by atoms with Crippen molar-refractivity contribution in [3.8, 4) is 6.07 Å². The van der Waals surface area contributed by atoms with Crippen molar-refractivity contribution < 1.29 is 0 Å². The molecule has 1 aromatic heterocycles. The highest BCUT2D eigenvalue weighted by molar-refractivity contribution is 5.85. The van der Waals surface area contributed by atoms with Crippen LogP contribution in [0.4, 0.5) is 0 Å². The van der Waals surface area contributed by atoms with Crippen molar-refractivity contribution in [2.45, 2.75) is 38.5 Å². The van der Waals surface area contributed by atoms with E-state index >= 15 is 0 Å². The number of allylic oxidation sites excluding steroid dienone is 2. The number of hydrogen-bond acceptors (Lipinski definition) is 2. The molecule has 3 nitrogen and oxygen atoms in total. The number of benzene rings is 1. The summed E-state index contributed by atoms with van der Waals surface area (Å²) in [6.45, 7) is 0. The molecule has 3 rings (SSSR count). The summed E-state index contributed by atoms with van der Waals surface area (Å²) in [5.41, 5.74) is 4.78. The Morgan fingerprint density at radius 2 is 2.05 bits per heavy atom. The predicted molar refractivity (Wildman–Crippen MR) is 90.7 cm³/mol. The Morgan fingerprint density at radius 1 is 1.23 bits per heavy atom. The van der Waals surface area contributed by atoms with Crippen LogP contribution in [0.3, 0.4) is 0 Å². The molecule has 2 aromatic rings. The Bertz CT molecular complexity index is 673. The Morgan fingerprint density at radius 3 is 2.73 bits per heavy atom. The van der Waals surface area contributed by atoms with E-state index in [1.54, 1.807) is 6.20 Å². The molecule has 1 N–H and O–H groups in total. The van der Waals surface area contributed by atoms with Gasteiger partial charge < -0.3 is 4.98 Å². The van der Waals surface area contributed by atoms with Gasteiger partial charge in [-0.2, -0.15) is 5.26 Å². The van der Waals surface area contributed by atoms with E-state index in [-0.39, 0.29) is 12.4 Å². The molecule has 0 bridgehead atoms. The standard InChI is InChI=1S/C18H19N3.ClH/c19-13-14-5-4-8-16(11-14)17(12-18-20-9-10-21-18)15-6-2-1-3-7-15;/h4-5,8-11H,1-3,6-7,12H2,(H,20,21);1H. The summed E-state index contributed by atoms with van der Waals surface area (Å²) in [5, 5.41) is 9.13. The van der Waals surface area contributed by atoms with Crippen LogP contribution >= 0.6 is 12.4 Å². The molecule has 1 aliphatic rings. The van der Waals surface area contributed by atoms with Gasteiger partial charge in [-0.1, -0.05) is 24.1 Å². The van der Waals surface area contributed by atoms with Crippen molar-refractivity contribution in [1.82, 2.24) is 9.97 Å². The van der Waals surface area contributed by atoms with Crippen LogP contribution in [0, 0.1) is 11.3 Å². The topological polar surface area (TPSA) is 52.5 Å². The number of aromatic amines is 1. The lowest BCUT2D eigenvalue weighted by molar-refractivity contribution is 0.599. The van der Waals surface area contributed by atoms with Crippen molar-refractivity contribution in [3.63, 3.8) is 0 Å². The second-order valence-corrected chi connectivity index (χ2v) is 5.55. The van der Waals surface area contributed by atoms with Crippen molar-refractivity contribution in [1.29, 1.82) is 5.26 Å². The molecule has 114 valence electrons. The zero-order valence-corrected chi connectivity index (χ0v) is 13.3. The first-order valence-corrected chi connectivity index (χ1v) is 7.56. The van der Waals surface area contributed by atoms with Crippen LogP contribution in [0.25, 0.3) is 5.57 Å². The van der Waals surface area contributed by atoms with E-state index in [9.17, 15) is 0 Å². The quantitative estimate of drug-likeness (QED) is 0.895. The molecule has 0 saturated heterocycles. The van der Waals surface area contributed by atoms with Crippen LogP contribution in [0.1, 0.15) is 49.1 Å². The minimum atomic E-state index is 0. The van der Waals surface area contributed by atoms with Gasteiger partial charge in [-0.05, 0) is 49.0 Å². The van der Waals surface area contributed by atoms with Crippen molar-refractivity contribution in [3.05, 3.63) is 59.2 Å². The van der Waals surface area contributed by atoms with Crippen LogP contribution in [0.5, 0.6) is 0 Å². The highest BCUT2D eigenvalue weighted by atomic mass is 35.5. The van der Waals surface area contributed by atoms with Gasteiger partial charge in [0.2, 0.25) is 0 Å². The summed E-state index contributed by atoms with van der Waals surface area (Å²) < 4.78 is 0. The monoisotopic (exact) mass is 313 g/mol. The molecule has 1 heterocycles. The molecule has 1 saturated carbocycles. The maximum Gasteiger partial charge on any atom is 0.110 e. The third-order valence-electron chi connectivity index (χ3n) is 4.12. The molecule has 0 unspecified atom stereocenters. The lowest BCUT2D eigenvalue weighted by atomic mass is 9.86. The minimum absolute atomic E-state index is 0. The lowest BCUT2D eigenvalue weighted by Crippen LogP contribution is -2.02. The highest BCUT2D eigenvalue weighted by Crippen LogP contribution is 2.32. The maximum absolute atomic E-state index is 9.13. The number of halogens is 1.